The molecule has 2 aromatic carbocycles. The summed E-state index contributed by atoms with van der Waals surface area (Å²) in [4.78, 5) is 26.0. The van der Waals surface area contributed by atoms with Gasteiger partial charge in [-0.05, 0) is 79.0 Å². The molecule has 8 heteroatoms. The van der Waals surface area contributed by atoms with Crippen molar-refractivity contribution in [3.63, 3.8) is 0 Å². The minimum Gasteiger partial charge on any atom is -0.512 e. The van der Waals surface area contributed by atoms with Gasteiger partial charge in [-0.3, -0.25) is 9.59 Å². The van der Waals surface area contributed by atoms with E-state index in [1.165, 1.54) is 12.3 Å². The van der Waals surface area contributed by atoms with Crippen LogP contribution in [0.15, 0.2) is 84.0 Å². The molecule has 0 bridgehead atoms. The number of halogens is 3. The van der Waals surface area contributed by atoms with Crippen molar-refractivity contribution in [1.29, 1.82) is 0 Å². The van der Waals surface area contributed by atoms with Crippen molar-refractivity contribution >= 4 is 11.6 Å². The van der Waals surface area contributed by atoms with Gasteiger partial charge in [0.25, 0.3) is 5.56 Å². The number of pyridine rings is 1. The van der Waals surface area contributed by atoms with Gasteiger partial charge in [-0.2, -0.15) is 13.2 Å². The lowest BCUT2D eigenvalue weighted by Crippen LogP contribution is -2.28. The Labute approximate surface area is 231 Å². The van der Waals surface area contributed by atoms with Crippen LogP contribution in [0.5, 0.6) is 0 Å². The number of amides is 1. The van der Waals surface area contributed by atoms with Gasteiger partial charge in [0.05, 0.1) is 18.2 Å². The lowest BCUT2D eigenvalue weighted by atomic mass is 9.83. The second-order valence-corrected chi connectivity index (χ2v) is 11.2. The lowest BCUT2D eigenvalue weighted by molar-refractivity contribution is -0.139. The Morgan fingerprint density at radius 2 is 1.75 bits per heavy atom. The first-order chi connectivity index (χ1) is 19.1. The molecule has 210 valence electrons. The molecule has 0 saturated heterocycles. The van der Waals surface area contributed by atoms with Gasteiger partial charge in [0.1, 0.15) is 5.56 Å². The lowest BCUT2D eigenvalue weighted by Gasteiger charge is -2.24. The molecule has 2 saturated carbocycles. The van der Waals surface area contributed by atoms with E-state index in [0.29, 0.717) is 17.7 Å². The van der Waals surface area contributed by atoms with Crippen molar-refractivity contribution in [2.24, 2.45) is 11.3 Å². The molecule has 1 amide bonds. The largest absolute Gasteiger partial charge is 0.512 e. The molecule has 5 rings (SSSR count). The number of nitrogens with one attached hydrogen (secondary N) is 1. The van der Waals surface area contributed by atoms with Crippen molar-refractivity contribution in [2.45, 2.75) is 63.6 Å². The van der Waals surface area contributed by atoms with E-state index in [1.807, 2.05) is 36.4 Å². The fourth-order valence-corrected chi connectivity index (χ4v) is 5.92. The average molecular weight is 551 g/mol. The van der Waals surface area contributed by atoms with Crippen molar-refractivity contribution < 1.29 is 23.1 Å². The van der Waals surface area contributed by atoms with Crippen LogP contribution in [0.3, 0.4) is 0 Å². The molecule has 1 atom stereocenters. The van der Waals surface area contributed by atoms with E-state index in [-0.39, 0.29) is 35.5 Å². The van der Waals surface area contributed by atoms with E-state index in [9.17, 15) is 27.9 Å². The smallest absolute Gasteiger partial charge is 0.421 e. The summed E-state index contributed by atoms with van der Waals surface area (Å²) in [5, 5.41) is 13.1. The predicted octanol–water partition coefficient (Wildman–Crippen LogP) is 7.22. The number of hydrogen-bond donors (Lipinski definition) is 2. The monoisotopic (exact) mass is 550 g/mol. The topological polar surface area (TPSA) is 71.3 Å². The molecule has 40 heavy (non-hydrogen) atoms. The number of allylic oxidation sites excluding steroid dienone is 1. The summed E-state index contributed by atoms with van der Waals surface area (Å²) in [6.07, 6.45) is 3.13. The number of anilines is 1. The third-order valence-electron chi connectivity index (χ3n) is 8.37. The molecule has 0 radical (unpaired) electrons. The van der Waals surface area contributed by atoms with Gasteiger partial charge in [0, 0.05) is 17.3 Å². The standard InChI is InChI=1S/C32H33F3N2O3/c1-21(38)31(15-16-31)19-23-6-4-9-26(18-23)36-29(39)28(24-7-2-3-8-24)25-13-11-22(12-14-25)20-37-17-5-10-27(30(37)40)32(33,34)35/h4-6,9-14,17-18,24,28,38H,1-3,7-8,15-16,19-20H2,(H,36,39). The molecule has 5 nitrogen and oxygen atoms in total. The third-order valence-corrected chi connectivity index (χ3v) is 8.37. The summed E-state index contributed by atoms with van der Waals surface area (Å²) in [5.74, 6) is -0.0701. The van der Waals surface area contributed by atoms with Gasteiger partial charge in [-0.25, -0.2) is 0 Å². The highest BCUT2D eigenvalue weighted by atomic mass is 19.4. The molecule has 1 heterocycles. The van der Waals surface area contributed by atoms with Gasteiger partial charge < -0.3 is 15.0 Å². The fraction of sp³-hybridized carbons (Fsp3) is 0.375. The number of aliphatic hydroxyl groups is 1. The van der Waals surface area contributed by atoms with Crippen LogP contribution >= 0.6 is 0 Å². The van der Waals surface area contributed by atoms with E-state index < -0.39 is 17.3 Å². The van der Waals surface area contributed by atoms with Crippen LogP contribution in [0.4, 0.5) is 18.9 Å². The highest BCUT2D eigenvalue weighted by molar-refractivity contribution is 5.96. The van der Waals surface area contributed by atoms with Crippen LogP contribution < -0.4 is 10.9 Å². The summed E-state index contributed by atoms with van der Waals surface area (Å²) >= 11 is 0. The summed E-state index contributed by atoms with van der Waals surface area (Å²) < 4.78 is 40.5. The zero-order valence-electron chi connectivity index (χ0n) is 22.2. The minimum atomic E-state index is -4.71. The first kappa shape index (κ1) is 27.7. The van der Waals surface area contributed by atoms with Crippen molar-refractivity contribution in [2.75, 3.05) is 5.32 Å². The van der Waals surface area contributed by atoms with Crippen LogP contribution in [-0.2, 0) is 23.9 Å². The van der Waals surface area contributed by atoms with Gasteiger partial charge in [-0.15, -0.1) is 0 Å². The number of carbonyl (C=O) groups is 1. The van der Waals surface area contributed by atoms with Crippen LogP contribution in [0.1, 0.15) is 66.7 Å². The van der Waals surface area contributed by atoms with Crippen molar-refractivity contribution in [3.05, 3.63) is 112 Å². The molecule has 2 aliphatic carbocycles. The number of alkyl halides is 3. The molecule has 2 aliphatic rings. The summed E-state index contributed by atoms with van der Waals surface area (Å²) in [6.45, 7) is 3.73. The van der Waals surface area contributed by atoms with E-state index in [1.54, 1.807) is 12.1 Å². The second kappa shape index (κ2) is 11.0. The number of rotatable bonds is 9. The molecule has 1 unspecified atom stereocenters. The van der Waals surface area contributed by atoms with E-state index >= 15 is 0 Å². The Hall–Kier alpha value is -3.81. The number of carbonyl (C=O) groups excluding carboxylic acids is 1. The highest BCUT2D eigenvalue weighted by Crippen LogP contribution is 2.52. The number of benzene rings is 2. The molecule has 3 aromatic rings. The maximum absolute atomic E-state index is 13.7. The SMILES string of the molecule is C=C(O)C1(Cc2cccc(NC(=O)C(c3ccc(Cn4cccc(C(F)(F)F)c4=O)cc3)C3CCCC3)c2)CC1. The first-order valence-electron chi connectivity index (χ1n) is 13.7. The van der Waals surface area contributed by atoms with Crippen LogP contribution in [0.25, 0.3) is 0 Å². The maximum Gasteiger partial charge on any atom is 0.421 e. The average Bonchev–Trinajstić information content (AvgIpc) is 3.49. The Bertz CT molecular complexity index is 1450. The molecule has 1 aromatic heterocycles. The molecule has 2 N–H and O–H groups in total. The predicted molar refractivity (Wildman–Crippen MR) is 148 cm³/mol. The van der Waals surface area contributed by atoms with Crippen molar-refractivity contribution in [3.8, 4) is 0 Å². The molecular formula is C32H33F3N2O3. The van der Waals surface area contributed by atoms with Crippen LogP contribution in [-0.4, -0.2) is 15.6 Å². The van der Waals surface area contributed by atoms with Gasteiger partial charge >= 0.3 is 6.18 Å². The van der Waals surface area contributed by atoms with E-state index in [4.69, 9.17) is 0 Å². The Morgan fingerprint density at radius 3 is 2.38 bits per heavy atom. The highest BCUT2D eigenvalue weighted by Gasteiger charge is 2.45. The molecule has 0 spiro atoms. The third kappa shape index (κ3) is 6.01. The van der Waals surface area contributed by atoms with Crippen LogP contribution in [0.2, 0.25) is 0 Å². The molecular weight excluding hydrogens is 517 g/mol. The van der Waals surface area contributed by atoms with Crippen LogP contribution in [0, 0.1) is 11.3 Å². The fourth-order valence-electron chi connectivity index (χ4n) is 5.92. The first-order valence-corrected chi connectivity index (χ1v) is 13.7. The van der Waals surface area contributed by atoms with Crippen molar-refractivity contribution in [1.82, 2.24) is 4.57 Å². The number of hydrogen-bond acceptors (Lipinski definition) is 3. The summed E-state index contributed by atoms with van der Waals surface area (Å²) in [6, 6.07) is 16.9. The maximum atomic E-state index is 13.7. The van der Waals surface area contributed by atoms with E-state index in [0.717, 1.165) is 60.3 Å². The Morgan fingerprint density at radius 1 is 1.05 bits per heavy atom. The number of aliphatic hydroxyl groups excluding tert-OH is 1. The van der Waals surface area contributed by atoms with Gasteiger partial charge in [0.15, 0.2) is 0 Å². The zero-order valence-corrected chi connectivity index (χ0v) is 22.2. The molecule has 2 fully saturated rings. The van der Waals surface area contributed by atoms with Gasteiger partial charge in [0.2, 0.25) is 5.91 Å². The minimum absolute atomic E-state index is 0.00211. The van der Waals surface area contributed by atoms with E-state index in [2.05, 4.69) is 11.9 Å². The quantitative estimate of drug-likeness (QED) is 0.276. The second-order valence-electron chi connectivity index (χ2n) is 11.2. The Kier molecular flexibility index (Phi) is 7.62. The summed E-state index contributed by atoms with van der Waals surface area (Å²) in [7, 11) is 0. The number of aromatic nitrogens is 1. The summed E-state index contributed by atoms with van der Waals surface area (Å²) in [5.41, 5.74) is 0.706. The normalized spacial score (nSPS) is 17.4. The molecule has 0 aliphatic heterocycles. The number of nitrogens with zero attached hydrogens (tertiary/aromatic N) is 1. The Balaban J connectivity index is 1.33. The zero-order chi connectivity index (χ0) is 28.5. The van der Waals surface area contributed by atoms with Gasteiger partial charge in [-0.1, -0.05) is 55.8 Å².